The van der Waals surface area contributed by atoms with E-state index < -0.39 is 54.4 Å². The fourth-order valence-corrected chi connectivity index (χ4v) is 3.29. The maximum absolute atomic E-state index is 11.8. The third kappa shape index (κ3) is 6.03. The highest BCUT2D eigenvalue weighted by atomic mass is 16.7. The van der Waals surface area contributed by atoms with E-state index in [1.807, 2.05) is 0 Å². The second-order valence-corrected chi connectivity index (χ2v) is 6.82. The molecule has 0 aromatic heterocycles. The van der Waals surface area contributed by atoms with Gasteiger partial charge in [0.1, 0.15) is 18.8 Å². The molecule has 9 nitrogen and oxygen atoms in total. The molecule has 0 bridgehead atoms. The van der Waals surface area contributed by atoms with E-state index in [1.54, 1.807) is 24.3 Å². The van der Waals surface area contributed by atoms with Gasteiger partial charge in [-0.2, -0.15) is 0 Å². The van der Waals surface area contributed by atoms with E-state index in [4.69, 9.17) is 23.7 Å². The zero-order chi connectivity index (χ0) is 22.4. The molecule has 1 radical (unpaired) electrons. The Morgan fingerprint density at radius 1 is 0.833 bits per heavy atom. The van der Waals surface area contributed by atoms with Gasteiger partial charge in [0.25, 0.3) is 0 Å². The SMILES string of the molecule is [CH2]c1ccccc1[C@H]1O[C@H](COC(C)=O)[C@H](OC(C)=O)[C@H](OC(C)=O)[C@H]1OC(C)=O. The van der Waals surface area contributed by atoms with Crippen LogP contribution in [0.2, 0.25) is 0 Å². The van der Waals surface area contributed by atoms with Crippen molar-refractivity contribution in [2.24, 2.45) is 0 Å². The first-order valence-electron chi connectivity index (χ1n) is 9.31. The van der Waals surface area contributed by atoms with E-state index in [-0.39, 0.29) is 6.61 Å². The molecule has 0 spiro atoms. The van der Waals surface area contributed by atoms with Crippen molar-refractivity contribution in [3.8, 4) is 0 Å². The van der Waals surface area contributed by atoms with Gasteiger partial charge in [-0.1, -0.05) is 24.3 Å². The van der Waals surface area contributed by atoms with Crippen molar-refractivity contribution < 1.29 is 42.9 Å². The minimum Gasteiger partial charge on any atom is -0.463 e. The standard InChI is InChI=1S/C21H25O9/c1-11-8-6-7-9-16(11)18-20(28-14(4)24)21(29-15(5)25)19(27-13(3)23)17(30-18)10-26-12(2)22/h6-9,17-21H,1,10H2,2-5H3/t17-,18-,19+,20+,21+/m1/s1. The van der Waals surface area contributed by atoms with Crippen molar-refractivity contribution in [3.05, 3.63) is 42.3 Å². The molecule has 0 unspecified atom stereocenters. The number of hydrogen-bond acceptors (Lipinski definition) is 9. The van der Waals surface area contributed by atoms with E-state index in [0.717, 1.165) is 0 Å². The van der Waals surface area contributed by atoms with Gasteiger partial charge < -0.3 is 23.7 Å². The number of carbonyl (C=O) groups excluding carboxylic acids is 4. The third-order valence-electron chi connectivity index (χ3n) is 4.35. The second-order valence-electron chi connectivity index (χ2n) is 6.82. The van der Waals surface area contributed by atoms with Crippen molar-refractivity contribution in [1.29, 1.82) is 0 Å². The quantitative estimate of drug-likeness (QED) is 0.500. The number of benzene rings is 1. The van der Waals surface area contributed by atoms with Crippen LogP contribution in [-0.4, -0.2) is 54.9 Å². The number of esters is 4. The number of carbonyl (C=O) groups is 4. The maximum Gasteiger partial charge on any atom is 0.303 e. The molecular weight excluding hydrogens is 396 g/mol. The Balaban J connectivity index is 2.55. The fraction of sp³-hybridized carbons (Fsp3) is 0.476. The minimum atomic E-state index is -1.20. The smallest absolute Gasteiger partial charge is 0.303 e. The molecule has 1 saturated heterocycles. The van der Waals surface area contributed by atoms with Crippen LogP contribution in [0.5, 0.6) is 0 Å². The molecule has 0 N–H and O–H groups in total. The summed E-state index contributed by atoms with van der Waals surface area (Å²) in [6.07, 6.45) is -5.41. The molecule has 1 aromatic rings. The zero-order valence-corrected chi connectivity index (χ0v) is 17.3. The fourth-order valence-electron chi connectivity index (χ4n) is 3.29. The van der Waals surface area contributed by atoms with Crippen LogP contribution < -0.4 is 0 Å². The Bertz CT molecular complexity index is 803. The van der Waals surface area contributed by atoms with E-state index in [1.165, 1.54) is 27.7 Å². The van der Waals surface area contributed by atoms with Gasteiger partial charge in [0, 0.05) is 27.7 Å². The van der Waals surface area contributed by atoms with Crippen LogP contribution in [-0.2, 0) is 42.9 Å². The molecule has 1 aliphatic rings. The highest BCUT2D eigenvalue weighted by molar-refractivity contribution is 5.69. The molecule has 2 rings (SSSR count). The van der Waals surface area contributed by atoms with Crippen LogP contribution in [0.3, 0.4) is 0 Å². The van der Waals surface area contributed by atoms with Crippen LogP contribution in [0.4, 0.5) is 0 Å². The summed E-state index contributed by atoms with van der Waals surface area (Å²) in [6, 6.07) is 6.99. The molecule has 0 aliphatic carbocycles. The summed E-state index contributed by atoms with van der Waals surface area (Å²) in [5.74, 6) is -2.57. The predicted molar refractivity (Wildman–Crippen MR) is 102 cm³/mol. The molecule has 163 valence electrons. The van der Waals surface area contributed by atoms with Crippen molar-refractivity contribution >= 4 is 23.9 Å². The highest BCUT2D eigenvalue weighted by Gasteiger charge is 2.52. The monoisotopic (exact) mass is 421 g/mol. The van der Waals surface area contributed by atoms with Gasteiger partial charge in [0.2, 0.25) is 0 Å². The van der Waals surface area contributed by atoms with Gasteiger partial charge >= 0.3 is 23.9 Å². The number of hydrogen-bond donors (Lipinski definition) is 0. The molecule has 9 heteroatoms. The first-order valence-corrected chi connectivity index (χ1v) is 9.31. The lowest BCUT2D eigenvalue weighted by molar-refractivity contribution is -0.254. The van der Waals surface area contributed by atoms with Crippen LogP contribution in [0.15, 0.2) is 24.3 Å². The topological polar surface area (TPSA) is 114 Å². The minimum absolute atomic E-state index is 0.270. The van der Waals surface area contributed by atoms with Crippen molar-refractivity contribution in [2.75, 3.05) is 6.61 Å². The Morgan fingerprint density at radius 2 is 1.37 bits per heavy atom. The van der Waals surface area contributed by atoms with Gasteiger partial charge in [-0.3, -0.25) is 19.2 Å². The normalized spacial score (nSPS) is 25.7. The number of ether oxygens (including phenoxy) is 5. The lowest BCUT2D eigenvalue weighted by atomic mass is 9.89. The van der Waals surface area contributed by atoms with Crippen molar-refractivity contribution in [1.82, 2.24) is 0 Å². The summed E-state index contributed by atoms with van der Waals surface area (Å²) in [5.41, 5.74) is 1.17. The van der Waals surface area contributed by atoms with Crippen LogP contribution in [0.25, 0.3) is 0 Å². The zero-order valence-electron chi connectivity index (χ0n) is 17.3. The van der Waals surface area contributed by atoms with Gasteiger partial charge in [-0.05, 0) is 18.1 Å². The molecule has 30 heavy (non-hydrogen) atoms. The summed E-state index contributed by atoms with van der Waals surface area (Å²) in [6.45, 7) is 8.46. The summed E-state index contributed by atoms with van der Waals surface area (Å²) < 4.78 is 27.3. The van der Waals surface area contributed by atoms with Gasteiger partial charge in [0.05, 0.1) is 0 Å². The predicted octanol–water partition coefficient (Wildman–Crippen LogP) is 1.67. The van der Waals surface area contributed by atoms with Crippen LogP contribution >= 0.6 is 0 Å². The Labute approximate surface area is 174 Å². The van der Waals surface area contributed by atoms with E-state index >= 15 is 0 Å². The Hall–Kier alpha value is -2.94. The van der Waals surface area contributed by atoms with E-state index in [9.17, 15) is 19.2 Å². The van der Waals surface area contributed by atoms with Crippen LogP contribution in [0.1, 0.15) is 44.9 Å². The summed E-state index contributed by atoms with van der Waals surface area (Å²) in [7, 11) is 0. The first-order chi connectivity index (χ1) is 14.1. The van der Waals surface area contributed by atoms with Gasteiger partial charge in [0.15, 0.2) is 18.3 Å². The lowest BCUT2D eigenvalue weighted by Gasteiger charge is -2.44. The molecule has 1 aliphatic heterocycles. The molecule has 5 atom stereocenters. The van der Waals surface area contributed by atoms with E-state index in [2.05, 4.69) is 6.92 Å². The molecule has 1 heterocycles. The Kier molecular flexibility index (Phi) is 7.93. The maximum atomic E-state index is 11.8. The molecular formula is C21H25O9. The highest BCUT2D eigenvalue weighted by Crippen LogP contribution is 2.38. The second kappa shape index (κ2) is 10.2. The third-order valence-corrected chi connectivity index (χ3v) is 4.35. The van der Waals surface area contributed by atoms with E-state index in [0.29, 0.717) is 11.1 Å². The average Bonchev–Trinajstić information content (AvgIpc) is 2.63. The molecule has 1 fully saturated rings. The first kappa shape index (κ1) is 23.3. The summed E-state index contributed by atoms with van der Waals surface area (Å²) in [4.78, 5) is 46.7. The van der Waals surface area contributed by atoms with Crippen LogP contribution in [0, 0.1) is 6.92 Å². The summed E-state index contributed by atoms with van der Waals surface area (Å²) in [5, 5.41) is 0. The van der Waals surface area contributed by atoms with Gasteiger partial charge in [-0.25, -0.2) is 0 Å². The molecule has 0 amide bonds. The number of rotatable bonds is 6. The molecule has 1 aromatic carbocycles. The summed E-state index contributed by atoms with van der Waals surface area (Å²) >= 11 is 0. The van der Waals surface area contributed by atoms with Crippen molar-refractivity contribution in [2.45, 2.75) is 58.2 Å². The van der Waals surface area contributed by atoms with Gasteiger partial charge in [-0.15, -0.1) is 0 Å². The average molecular weight is 421 g/mol. The lowest BCUT2D eigenvalue weighted by Crippen LogP contribution is -2.59. The Morgan fingerprint density at radius 3 is 1.90 bits per heavy atom. The molecule has 0 saturated carbocycles. The van der Waals surface area contributed by atoms with Crippen molar-refractivity contribution in [3.63, 3.8) is 0 Å². The largest absolute Gasteiger partial charge is 0.463 e.